The summed E-state index contributed by atoms with van der Waals surface area (Å²) in [6.45, 7) is 2.35. The summed E-state index contributed by atoms with van der Waals surface area (Å²) in [5, 5.41) is 1.09. The van der Waals surface area contributed by atoms with Gasteiger partial charge in [0.1, 0.15) is 0 Å². The van der Waals surface area contributed by atoms with E-state index in [-0.39, 0.29) is 0 Å². The van der Waals surface area contributed by atoms with E-state index in [1.807, 2.05) is 12.1 Å². The molecular formula is C11H8BrNO2. The first-order valence-electron chi connectivity index (χ1n) is 4.60. The van der Waals surface area contributed by atoms with Crippen molar-refractivity contribution < 1.29 is 9.47 Å². The second kappa shape index (κ2) is 3.10. The fourth-order valence-corrected chi connectivity index (χ4v) is 2.01. The van der Waals surface area contributed by atoms with Gasteiger partial charge in [-0.05, 0) is 34.5 Å². The van der Waals surface area contributed by atoms with Crippen molar-refractivity contribution in [2.24, 2.45) is 0 Å². The van der Waals surface area contributed by atoms with Crippen molar-refractivity contribution in [3.05, 3.63) is 28.4 Å². The SMILES string of the molecule is Cc1c(Br)cnc2cc3c(cc12)OCO3. The van der Waals surface area contributed by atoms with Crippen LogP contribution in [0.5, 0.6) is 11.5 Å². The van der Waals surface area contributed by atoms with Gasteiger partial charge in [0.2, 0.25) is 6.79 Å². The molecule has 2 heterocycles. The van der Waals surface area contributed by atoms with Gasteiger partial charge < -0.3 is 9.47 Å². The Hall–Kier alpha value is -1.29. The standard InChI is InChI=1S/C11H8BrNO2/c1-6-7-2-10-11(15-5-14-10)3-9(7)13-4-8(6)12/h2-4H,5H2,1H3. The number of aryl methyl sites for hydroxylation is 1. The smallest absolute Gasteiger partial charge is 0.231 e. The van der Waals surface area contributed by atoms with Crippen molar-refractivity contribution in [2.45, 2.75) is 6.92 Å². The molecule has 0 aliphatic carbocycles. The number of hydrogen-bond acceptors (Lipinski definition) is 3. The molecule has 3 nitrogen and oxygen atoms in total. The maximum Gasteiger partial charge on any atom is 0.231 e. The second-order valence-electron chi connectivity index (χ2n) is 3.45. The molecule has 76 valence electrons. The Morgan fingerprint density at radius 1 is 1.27 bits per heavy atom. The topological polar surface area (TPSA) is 31.4 Å². The lowest BCUT2D eigenvalue weighted by atomic mass is 10.1. The summed E-state index contributed by atoms with van der Waals surface area (Å²) in [6.07, 6.45) is 1.81. The molecule has 0 fully saturated rings. The molecule has 0 radical (unpaired) electrons. The lowest BCUT2D eigenvalue weighted by Crippen LogP contribution is -1.92. The number of nitrogens with zero attached hydrogens (tertiary/aromatic N) is 1. The van der Waals surface area contributed by atoms with Crippen molar-refractivity contribution in [3.63, 3.8) is 0 Å². The maximum atomic E-state index is 5.34. The molecule has 0 N–H and O–H groups in total. The molecular weight excluding hydrogens is 258 g/mol. The van der Waals surface area contributed by atoms with E-state index in [9.17, 15) is 0 Å². The average Bonchev–Trinajstić information content (AvgIpc) is 2.68. The van der Waals surface area contributed by atoms with Gasteiger partial charge in [0, 0.05) is 22.1 Å². The monoisotopic (exact) mass is 265 g/mol. The van der Waals surface area contributed by atoms with E-state index < -0.39 is 0 Å². The number of hydrogen-bond donors (Lipinski definition) is 0. The lowest BCUT2D eigenvalue weighted by molar-refractivity contribution is 0.174. The molecule has 0 saturated carbocycles. The molecule has 0 unspecified atom stereocenters. The molecule has 0 atom stereocenters. The van der Waals surface area contributed by atoms with Gasteiger partial charge >= 0.3 is 0 Å². The Morgan fingerprint density at radius 3 is 2.80 bits per heavy atom. The van der Waals surface area contributed by atoms with E-state index in [4.69, 9.17) is 9.47 Å². The highest BCUT2D eigenvalue weighted by molar-refractivity contribution is 9.10. The maximum absolute atomic E-state index is 5.34. The normalized spacial score (nSPS) is 13.5. The molecule has 0 spiro atoms. The first kappa shape index (κ1) is 8.97. The van der Waals surface area contributed by atoms with Crippen molar-refractivity contribution in [1.82, 2.24) is 4.98 Å². The molecule has 15 heavy (non-hydrogen) atoms. The Balaban J connectivity index is 2.38. The van der Waals surface area contributed by atoms with Gasteiger partial charge in [0.25, 0.3) is 0 Å². The van der Waals surface area contributed by atoms with Crippen molar-refractivity contribution >= 4 is 26.8 Å². The minimum atomic E-state index is 0.297. The van der Waals surface area contributed by atoms with Gasteiger partial charge in [-0.15, -0.1) is 0 Å². The van der Waals surface area contributed by atoms with Crippen molar-refractivity contribution in [1.29, 1.82) is 0 Å². The van der Waals surface area contributed by atoms with Gasteiger partial charge in [-0.3, -0.25) is 4.98 Å². The summed E-state index contributed by atoms with van der Waals surface area (Å²) >= 11 is 3.46. The van der Waals surface area contributed by atoms with Crippen LogP contribution in [0.25, 0.3) is 10.9 Å². The Morgan fingerprint density at radius 2 is 2.00 bits per heavy atom. The molecule has 0 amide bonds. The first-order chi connectivity index (χ1) is 7.25. The third kappa shape index (κ3) is 1.28. The highest BCUT2D eigenvalue weighted by Crippen LogP contribution is 2.37. The van der Waals surface area contributed by atoms with Gasteiger partial charge in [-0.2, -0.15) is 0 Å². The zero-order valence-corrected chi connectivity index (χ0v) is 9.67. The van der Waals surface area contributed by atoms with Crippen LogP contribution in [0, 0.1) is 6.92 Å². The van der Waals surface area contributed by atoms with E-state index in [1.165, 1.54) is 5.56 Å². The van der Waals surface area contributed by atoms with Crippen LogP contribution in [-0.4, -0.2) is 11.8 Å². The summed E-state index contributed by atoms with van der Waals surface area (Å²) in [5.41, 5.74) is 2.10. The number of aromatic nitrogens is 1. The predicted octanol–water partition coefficient (Wildman–Crippen LogP) is 3.03. The lowest BCUT2D eigenvalue weighted by Gasteiger charge is -2.04. The predicted molar refractivity (Wildman–Crippen MR) is 60.3 cm³/mol. The van der Waals surface area contributed by atoms with Crippen molar-refractivity contribution in [3.8, 4) is 11.5 Å². The summed E-state index contributed by atoms with van der Waals surface area (Å²) in [5.74, 6) is 1.57. The molecule has 1 aliphatic rings. The summed E-state index contributed by atoms with van der Waals surface area (Å²) < 4.78 is 11.6. The summed E-state index contributed by atoms with van der Waals surface area (Å²) in [6, 6.07) is 3.89. The molecule has 0 bridgehead atoms. The van der Waals surface area contributed by atoms with Gasteiger partial charge in [0.05, 0.1) is 5.52 Å². The molecule has 1 aromatic carbocycles. The molecule has 2 aromatic rings. The van der Waals surface area contributed by atoms with Crippen molar-refractivity contribution in [2.75, 3.05) is 6.79 Å². The molecule has 3 rings (SSSR count). The Bertz CT molecular complexity index is 554. The molecule has 0 saturated heterocycles. The zero-order chi connectivity index (χ0) is 10.4. The van der Waals surface area contributed by atoms with Crippen LogP contribution >= 0.6 is 15.9 Å². The van der Waals surface area contributed by atoms with E-state index in [0.29, 0.717) is 6.79 Å². The van der Waals surface area contributed by atoms with Gasteiger partial charge in [-0.1, -0.05) is 0 Å². The quantitative estimate of drug-likeness (QED) is 0.734. The van der Waals surface area contributed by atoms with Crippen LogP contribution < -0.4 is 9.47 Å². The number of rotatable bonds is 0. The number of pyridine rings is 1. The number of fused-ring (bicyclic) bond motifs is 2. The van der Waals surface area contributed by atoms with Crippen LogP contribution in [-0.2, 0) is 0 Å². The van der Waals surface area contributed by atoms with Crippen LogP contribution in [0.4, 0.5) is 0 Å². The van der Waals surface area contributed by atoms with E-state index in [0.717, 1.165) is 26.9 Å². The highest BCUT2D eigenvalue weighted by atomic mass is 79.9. The Kier molecular flexibility index (Phi) is 1.85. The van der Waals surface area contributed by atoms with Crippen LogP contribution in [0.15, 0.2) is 22.8 Å². The van der Waals surface area contributed by atoms with Gasteiger partial charge in [0.15, 0.2) is 11.5 Å². The number of benzene rings is 1. The van der Waals surface area contributed by atoms with Crippen LogP contribution in [0.3, 0.4) is 0 Å². The number of ether oxygens (including phenoxy) is 2. The second-order valence-corrected chi connectivity index (χ2v) is 4.31. The fraction of sp³-hybridized carbons (Fsp3) is 0.182. The Labute approximate surface area is 95.2 Å². The van der Waals surface area contributed by atoms with E-state index in [1.54, 1.807) is 6.20 Å². The average molecular weight is 266 g/mol. The third-order valence-electron chi connectivity index (χ3n) is 2.57. The molecule has 1 aromatic heterocycles. The molecule has 4 heteroatoms. The molecule has 1 aliphatic heterocycles. The van der Waals surface area contributed by atoms with Crippen LogP contribution in [0.2, 0.25) is 0 Å². The minimum absolute atomic E-state index is 0.297. The van der Waals surface area contributed by atoms with Gasteiger partial charge in [-0.25, -0.2) is 0 Å². The largest absolute Gasteiger partial charge is 0.454 e. The summed E-state index contributed by atoms with van der Waals surface area (Å²) in [7, 11) is 0. The first-order valence-corrected chi connectivity index (χ1v) is 5.39. The minimum Gasteiger partial charge on any atom is -0.454 e. The number of halogens is 1. The highest BCUT2D eigenvalue weighted by Gasteiger charge is 2.15. The summed E-state index contributed by atoms with van der Waals surface area (Å²) in [4.78, 5) is 4.34. The van der Waals surface area contributed by atoms with E-state index >= 15 is 0 Å². The fourth-order valence-electron chi connectivity index (χ4n) is 1.69. The zero-order valence-electron chi connectivity index (χ0n) is 8.08. The third-order valence-corrected chi connectivity index (χ3v) is 3.37. The van der Waals surface area contributed by atoms with E-state index in [2.05, 4.69) is 27.8 Å². The van der Waals surface area contributed by atoms with Crippen LogP contribution in [0.1, 0.15) is 5.56 Å².